The zero-order chi connectivity index (χ0) is 26.9. The molecule has 1 atom stereocenters. The van der Waals surface area contributed by atoms with Gasteiger partial charge in [-0.1, -0.05) is 12.1 Å². The van der Waals surface area contributed by atoms with Crippen molar-refractivity contribution in [2.75, 3.05) is 25.5 Å². The largest absolute Gasteiger partial charge is 0.490 e. The van der Waals surface area contributed by atoms with E-state index in [0.717, 1.165) is 52.3 Å². The third kappa shape index (κ3) is 5.65. The van der Waals surface area contributed by atoms with Crippen molar-refractivity contribution in [1.82, 2.24) is 25.2 Å². The van der Waals surface area contributed by atoms with Gasteiger partial charge in [0.25, 0.3) is 5.91 Å². The van der Waals surface area contributed by atoms with Crippen LogP contribution in [-0.4, -0.2) is 75.1 Å². The molecule has 2 amide bonds. The third-order valence-corrected chi connectivity index (χ3v) is 6.17. The molecule has 2 aliphatic rings. The number of hydrogen-bond donors (Lipinski definition) is 4. The number of anilines is 1. The quantitative estimate of drug-likeness (QED) is 0.418. The van der Waals surface area contributed by atoms with Crippen LogP contribution in [0.1, 0.15) is 34.6 Å². The van der Waals surface area contributed by atoms with Crippen LogP contribution >= 0.6 is 0 Å². The molecule has 3 aromatic rings. The number of H-pyrrole nitrogens is 1. The number of likely N-dealkylation sites (N-methyl/N-ethyl adjacent to an activating group) is 1. The molecule has 4 N–H and O–H groups in total. The number of para-hydroxylation sites is 1. The van der Waals surface area contributed by atoms with Gasteiger partial charge in [0.1, 0.15) is 11.3 Å². The SMILES string of the molecule is Cc1nc2cccc(-c3cc4c([nH]3)CCNC4=O)c2nc1NC1CCC(=O)N(C)C1.O=C(O)C(F)(F)F. The number of aryl methyl sites for hydroxylation is 1. The molecule has 37 heavy (non-hydrogen) atoms. The summed E-state index contributed by atoms with van der Waals surface area (Å²) in [6.45, 7) is 3.24. The number of nitrogens with zero attached hydrogens (tertiary/aromatic N) is 3. The number of halogens is 3. The fourth-order valence-corrected chi connectivity index (χ4v) is 4.28. The molecule has 4 heterocycles. The van der Waals surface area contributed by atoms with Crippen LogP contribution in [0.2, 0.25) is 0 Å². The second-order valence-corrected chi connectivity index (χ2v) is 8.87. The van der Waals surface area contributed by atoms with Gasteiger partial charge in [-0.2, -0.15) is 13.2 Å². The molecular weight excluding hydrogens is 493 g/mol. The summed E-state index contributed by atoms with van der Waals surface area (Å²) in [5, 5.41) is 13.5. The number of likely N-dealkylation sites (tertiary alicyclic amines) is 1. The van der Waals surface area contributed by atoms with E-state index in [9.17, 15) is 22.8 Å². The molecular formula is C24H25F3N6O4. The topological polar surface area (TPSA) is 140 Å². The van der Waals surface area contributed by atoms with Gasteiger partial charge < -0.3 is 25.6 Å². The van der Waals surface area contributed by atoms with Crippen molar-refractivity contribution in [3.05, 3.63) is 41.2 Å². The van der Waals surface area contributed by atoms with Crippen LogP contribution in [0.25, 0.3) is 22.3 Å². The first-order valence-electron chi connectivity index (χ1n) is 11.5. The maximum atomic E-state index is 12.2. The molecule has 2 aromatic heterocycles. The first kappa shape index (κ1) is 25.9. The van der Waals surface area contributed by atoms with Crippen LogP contribution < -0.4 is 10.6 Å². The number of benzene rings is 1. The van der Waals surface area contributed by atoms with Crippen LogP contribution in [-0.2, 0) is 16.0 Å². The Bertz CT molecular complexity index is 1370. The molecule has 5 rings (SSSR count). The van der Waals surface area contributed by atoms with E-state index >= 15 is 0 Å². The average Bonchev–Trinajstić information content (AvgIpc) is 3.27. The summed E-state index contributed by atoms with van der Waals surface area (Å²) in [5.74, 6) is -1.89. The fraction of sp³-hybridized carbons (Fsp3) is 0.375. The first-order valence-corrected chi connectivity index (χ1v) is 11.5. The second kappa shape index (κ2) is 10.1. The second-order valence-electron chi connectivity index (χ2n) is 8.87. The molecule has 0 bridgehead atoms. The van der Waals surface area contributed by atoms with Crippen LogP contribution in [0.15, 0.2) is 24.3 Å². The maximum Gasteiger partial charge on any atom is 0.490 e. The first-order chi connectivity index (χ1) is 17.4. The van der Waals surface area contributed by atoms with Gasteiger partial charge in [0, 0.05) is 56.0 Å². The normalized spacial score (nSPS) is 17.5. The number of carbonyl (C=O) groups is 3. The standard InChI is InChI=1S/C22H24N6O2.C2HF3O2/c1-12-21(25-13-6-7-19(29)28(2)11-13)27-20-14(4-3-5-17(20)24-12)18-10-15-16(26-18)8-9-23-22(15)30;3-2(4,5)1(6)7/h3-5,10,13,26H,6-9,11H2,1-2H3,(H,23,30)(H,25,27);(H,6,7). The number of aromatic amines is 1. The van der Waals surface area contributed by atoms with E-state index in [-0.39, 0.29) is 17.9 Å². The summed E-state index contributed by atoms with van der Waals surface area (Å²) in [6, 6.07) is 7.95. The molecule has 0 spiro atoms. The van der Waals surface area contributed by atoms with Crippen LogP contribution in [0.4, 0.5) is 19.0 Å². The summed E-state index contributed by atoms with van der Waals surface area (Å²) in [6.07, 6.45) is -2.98. The van der Waals surface area contributed by atoms with E-state index in [1.54, 1.807) is 4.90 Å². The molecule has 0 radical (unpaired) electrons. The number of carbonyl (C=O) groups excluding carboxylic acids is 2. The van der Waals surface area contributed by atoms with Crippen molar-refractivity contribution in [2.24, 2.45) is 0 Å². The molecule has 0 aliphatic carbocycles. The van der Waals surface area contributed by atoms with E-state index in [1.807, 2.05) is 38.2 Å². The van der Waals surface area contributed by atoms with Crippen LogP contribution in [0.3, 0.4) is 0 Å². The van der Waals surface area contributed by atoms with E-state index in [1.165, 1.54) is 0 Å². The van der Waals surface area contributed by atoms with Gasteiger partial charge in [-0.05, 0) is 25.5 Å². The summed E-state index contributed by atoms with van der Waals surface area (Å²) in [4.78, 5) is 47.7. The molecule has 13 heteroatoms. The summed E-state index contributed by atoms with van der Waals surface area (Å²) >= 11 is 0. The van der Waals surface area contributed by atoms with E-state index in [0.29, 0.717) is 25.1 Å². The van der Waals surface area contributed by atoms with Gasteiger partial charge in [-0.15, -0.1) is 0 Å². The Kier molecular flexibility index (Phi) is 7.05. The molecule has 2 aliphatic heterocycles. The molecule has 1 aromatic carbocycles. The van der Waals surface area contributed by atoms with Gasteiger partial charge in [0.2, 0.25) is 5.91 Å². The fourth-order valence-electron chi connectivity index (χ4n) is 4.28. The lowest BCUT2D eigenvalue weighted by Crippen LogP contribution is -2.43. The minimum Gasteiger partial charge on any atom is -0.475 e. The summed E-state index contributed by atoms with van der Waals surface area (Å²) < 4.78 is 31.7. The number of rotatable bonds is 3. The van der Waals surface area contributed by atoms with Crippen molar-refractivity contribution >= 4 is 34.6 Å². The zero-order valence-electron chi connectivity index (χ0n) is 20.1. The number of piperidine rings is 1. The van der Waals surface area contributed by atoms with Crippen molar-refractivity contribution < 1.29 is 32.7 Å². The number of aromatic nitrogens is 3. The van der Waals surface area contributed by atoms with Gasteiger partial charge >= 0.3 is 12.1 Å². The minimum atomic E-state index is -5.08. The number of carboxylic acids is 1. The molecule has 1 saturated heterocycles. The average molecular weight is 518 g/mol. The number of carboxylic acid groups (broad SMARTS) is 1. The summed E-state index contributed by atoms with van der Waals surface area (Å²) in [5.41, 5.74) is 5.86. The van der Waals surface area contributed by atoms with Crippen LogP contribution in [0.5, 0.6) is 0 Å². The third-order valence-electron chi connectivity index (χ3n) is 6.17. The number of hydrogen-bond acceptors (Lipinski definition) is 6. The monoisotopic (exact) mass is 518 g/mol. The van der Waals surface area contributed by atoms with Gasteiger partial charge in [0.05, 0.1) is 16.8 Å². The molecule has 10 nitrogen and oxygen atoms in total. The Morgan fingerprint density at radius 3 is 2.57 bits per heavy atom. The molecule has 1 fully saturated rings. The Morgan fingerprint density at radius 1 is 1.19 bits per heavy atom. The predicted octanol–water partition coefficient (Wildman–Crippen LogP) is 2.89. The van der Waals surface area contributed by atoms with Crippen molar-refractivity contribution in [3.8, 4) is 11.3 Å². The van der Waals surface area contributed by atoms with Gasteiger partial charge in [-0.25, -0.2) is 14.8 Å². The molecule has 1 unspecified atom stereocenters. The van der Waals surface area contributed by atoms with Crippen LogP contribution in [0, 0.1) is 6.92 Å². The van der Waals surface area contributed by atoms with Crippen molar-refractivity contribution in [1.29, 1.82) is 0 Å². The zero-order valence-corrected chi connectivity index (χ0v) is 20.1. The van der Waals surface area contributed by atoms with Crippen molar-refractivity contribution in [3.63, 3.8) is 0 Å². The Hall–Kier alpha value is -4.16. The Labute approximate surface area is 209 Å². The number of alkyl halides is 3. The van der Waals surface area contributed by atoms with E-state index < -0.39 is 12.1 Å². The molecule has 196 valence electrons. The van der Waals surface area contributed by atoms with Gasteiger partial charge in [-0.3, -0.25) is 9.59 Å². The maximum absolute atomic E-state index is 12.2. The van der Waals surface area contributed by atoms with E-state index in [2.05, 4.69) is 15.6 Å². The van der Waals surface area contributed by atoms with Crippen molar-refractivity contribution in [2.45, 2.75) is 38.4 Å². The summed E-state index contributed by atoms with van der Waals surface area (Å²) in [7, 11) is 1.83. The lowest BCUT2D eigenvalue weighted by Gasteiger charge is -2.30. The highest BCUT2D eigenvalue weighted by Crippen LogP contribution is 2.30. The Balaban J connectivity index is 0.000000405. The lowest BCUT2D eigenvalue weighted by molar-refractivity contribution is -0.192. The molecule has 0 saturated carbocycles. The number of nitrogens with one attached hydrogen (secondary N) is 3. The van der Waals surface area contributed by atoms with E-state index in [4.69, 9.17) is 19.9 Å². The predicted molar refractivity (Wildman–Crippen MR) is 128 cm³/mol. The number of aliphatic carboxylic acids is 1. The lowest BCUT2D eigenvalue weighted by atomic mass is 10.1. The van der Waals surface area contributed by atoms with Gasteiger partial charge in [0.15, 0.2) is 0 Å². The highest BCUT2D eigenvalue weighted by atomic mass is 19.4. The smallest absolute Gasteiger partial charge is 0.475 e. The Morgan fingerprint density at radius 2 is 1.92 bits per heavy atom. The number of fused-ring (bicyclic) bond motifs is 2. The number of amides is 2. The minimum absolute atomic E-state index is 0.0424. The highest BCUT2D eigenvalue weighted by molar-refractivity contribution is 5.99. The highest BCUT2D eigenvalue weighted by Gasteiger charge is 2.38.